The van der Waals surface area contributed by atoms with Crippen molar-refractivity contribution < 1.29 is 4.74 Å². The molecule has 0 aliphatic carbocycles. The predicted molar refractivity (Wildman–Crippen MR) is 119 cm³/mol. The minimum atomic E-state index is 0.800. The lowest BCUT2D eigenvalue weighted by Gasteiger charge is -2.34. The quantitative estimate of drug-likeness (QED) is 0.640. The number of rotatable bonds is 9. The van der Waals surface area contributed by atoms with Gasteiger partial charge in [0.2, 0.25) is 0 Å². The van der Waals surface area contributed by atoms with Gasteiger partial charge in [-0.25, -0.2) is 4.98 Å². The van der Waals surface area contributed by atoms with Crippen molar-refractivity contribution in [3.8, 4) is 5.75 Å². The van der Waals surface area contributed by atoms with Crippen LogP contribution in [0.1, 0.15) is 23.3 Å². The molecule has 0 bridgehead atoms. The lowest BCUT2D eigenvalue weighted by molar-refractivity contribution is 0.153. The lowest BCUT2D eigenvalue weighted by Crippen LogP contribution is -2.38. The second-order valence-corrected chi connectivity index (χ2v) is 9.14. The molecule has 1 aromatic heterocycles. The molecule has 1 aromatic carbocycles. The average Bonchev–Trinajstić information content (AvgIpc) is 3.16. The summed E-state index contributed by atoms with van der Waals surface area (Å²) in [6, 6.07) is 8.38. The first-order chi connectivity index (χ1) is 13.5. The molecule has 0 unspecified atom stereocenters. The topological polar surface area (TPSA) is 31.8 Å². The summed E-state index contributed by atoms with van der Waals surface area (Å²) in [5.41, 5.74) is 1.31. The van der Waals surface area contributed by atoms with Gasteiger partial charge in [-0.15, -0.1) is 11.3 Å². The van der Waals surface area contributed by atoms with Crippen LogP contribution in [0, 0.1) is 5.92 Å². The van der Waals surface area contributed by atoms with Crippen LogP contribution in [0.2, 0.25) is 0 Å². The van der Waals surface area contributed by atoms with Gasteiger partial charge in [0, 0.05) is 44.8 Å². The summed E-state index contributed by atoms with van der Waals surface area (Å²) in [5.74, 6) is 1.81. The SMILES string of the molecule is COc1ccccc1CCN1CCC(CN(C)Cc2cnc(N(C)C)s2)CC1. The predicted octanol–water partition coefficient (Wildman–Crippen LogP) is 3.60. The Morgan fingerprint density at radius 2 is 1.93 bits per heavy atom. The van der Waals surface area contributed by atoms with Crippen LogP contribution in [-0.2, 0) is 13.0 Å². The summed E-state index contributed by atoms with van der Waals surface area (Å²) in [6.07, 6.45) is 5.68. The Hall–Kier alpha value is -1.63. The number of hydrogen-bond donors (Lipinski definition) is 0. The van der Waals surface area contributed by atoms with E-state index in [1.807, 2.05) is 26.4 Å². The van der Waals surface area contributed by atoms with E-state index in [1.54, 1.807) is 18.4 Å². The molecule has 1 aliphatic rings. The Morgan fingerprint density at radius 3 is 2.61 bits per heavy atom. The Labute approximate surface area is 173 Å². The van der Waals surface area contributed by atoms with Gasteiger partial charge < -0.3 is 19.4 Å². The number of ether oxygens (including phenoxy) is 1. The molecular weight excluding hydrogens is 368 g/mol. The molecule has 0 amide bonds. The van der Waals surface area contributed by atoms with E-state index in [4.69, 9.17) is 4.74 Å². The van der Waals surface area contributed by atoms with Crippen LogP contribution in [-0.4, -0.2) is 69.2 Å². The maximum atomic E-state index is 5.48. The van der Waals surface area contributed by atoms with Crippen molar-refractivity contribution >= 4 is 16.5 Å². The van der Waals surface area contributed by atoms with E-state index in [9.17, 15) is 0 Å². The Morgan fingerprint density at radius 1 is 1.18 bits per heavy atom. The molecule has 5 nitrogen and oxygen atoms in total. The fourth-order valence-electron chi connectivity index (χ4n) is 3.93. The molecule has 2 aromatic rings. The number of piperidine rings is 1. The standard InChI is InChI=1S/C22H34N4OS/c1-24(2)22-23-15-20(28-22)17-25(3)16-18-9-12-26(13-10-18)14-11-19-7-5-6-8-21(19)27-4/h5-8,15,18H,9-14,16-17H2,1-4H3. The smallest absolute Gasteiger partial charge is 0.185 e. The first-order valence-electron chi connectivity index (χ1n) is 10.2. The third-order valence-corrected chi connectivity index (χ3v) is 6.67. The van der Waals surface area contributed by atoms with Gasteiger partial charge >= 0.3 is 0 Å². The van der Waals surface area contributed by atoms with Gasteiger partial charge in [-0.3, -0.25) is 0 Å². The van der Waals surface area contributed by atoms with Crippen molar-refractivity contribution in [1.82, 2.24) is 14.8 Å². The molecule has 0 spiro atoms. The normalized spacial score (nSPS) is 15.9. The van der Waals surface area contributed by atoms with Crippen molar-refractivity contribution in [3.63, 3.8) is 0 Å². The van der Waals surface area contributed by atoms with Crippen molar-refractivity contribution in [2.75, 3.05) is 59.3 Å². The number of hydrogen-bond acceptors (Lipinski definition) is 6. The molecule has 2 heterocycles. The highest BCUT2D eigenvalue weighted by Crippen LogP contribution is 2.24. The third kappa shape index (κ3) is 5.93. The first kappa shape index (κ1) is 21.1. The number of aromatic nitrogens is 1. The second kappa shape index (κ2) is 10.2. The van der Waals surface area contributed by atoms with E-state index in [0.29, 0.717) is 0 Å². The lowest BCUT2D eigenvalue weighted by atomic mass is 9.96. The molecule has 28 heavy (non-hydrogen) atoms. The van der Waals surface area contributed by atoms with Gasteiger partial charge in [0.15, 0.2) is 5.13 Å². The summed E-state index contributed by atoms with van der Waals surface area (Å²) >= 11 is 1.79. The minimum Gasteiger partial charge on any atom is -0.496 e. The number of thiazole rings is 1. The van der Waals surface area contributed by atoms with Crippen molar-refractivity contribution in [2.45, 2.75) is 25.8 Å². The van der Waals surface area contributed by atoms with Crippen molar-refractivity contribution in [3.05, 3.63) is 40.9 Å². The van der Waals surface area contributed by atoms with Gasteiger partial charge in [0.25, 0.3) is 0 Å². The van der Waals surface area contributed by atoms with Crippen LogP contribution in [0.15, 0.2) is 30.5 Å². The van der Waals surface area contributed by atoms with Crippen molar-refractivity contribution in [1.29, 1.82) is 0 Å². The minimum absolute atomic E-state index is 0.800. The molecule has 1 aliphatic heterocycles. The third-order valence-electron chi connectivity index (χ3n) is 5.52. The van der Waals surface area contributed by atoms with E-state index in [2.05, 4.69) is 44.9 Å². The summed E-state index contributed by atoms with van der Waals surface area (Å²) in [5, 5.41) is 1.09. The van der Waals surface area contributed by atoms with Crippen LogP contribution in [0.4, 0.5) is 5.13 Å². The van der Waals surface area contributed by atoms with Gasteiger partial charge in [0.05, 0.1) is 7.11 Å². The Balaban J connectivity index is 1.38. The molecular formula is C22H34N4OS. The molecule has 1 fully saturated rings. The van der Waals surface area contributed by atoms with Crippen LogP contribution < -0.4 is 9.64 Å². The summed E-state index contributed by atoms with van der Waals surface area (Å²) < 4.78 is 5.48. The molecule has 1 saturated heterocycles. The molecule has 3 rings (SSSR count). The van der Waals surface area contributed by atoms with E-state index >= 15 is 0 Å². The molecule has 154 valence electrons. The molecule has 0 saturated carbocycles. The molecule has 6 heteroatoms. The number of likely N-dealkylation sites (tertiary alicyclic amines) is 1. The summed E-state index contributed by atoms with van der Waals surface area (Å²) in [4.78, 5) is 13.0. The fraction of sp³-hybridized carbons (Fsp3) is 0.591. The number of methoxy groups -OCH3 is 1. The van der Waals surface area contributed by atoms with E-state index in [0.717, 1.165) is 36.3 Å². The summed E-state index contributed by atoms with van der Waals surface area (Å²) in [7, 11) is 8.10. The number of para-hydroxylation sites is 1. The zero-order valence-electron chi connectivity index (χ0n) is 17.7. The highest BCUT2D eigenvalue weighted by Gasteiger charge is 2.21. The van der Waals surface area contributed by atoms with Crippen LogP contribution >= 0.6 is 11.3 Å². The van der Waals surface area contributed by atoms with Gasteiger partial charge in [-0.05, 0) is 56.9 Å². The zero-order chi connectivity index (χ0) is 19.9. The maximum Gasteiger partial charge on any atom is 0.185 e. The van der Waals surface area contributed by atoms with Gasteiger partial charge in [-0.2, -0.15) is 0 Å². The zero-order valence-corrected chi connectivity index (χ0v) is 18.5. The number of nitrogens with zero attached hydrogens (tertiary/aromatic N) is 4. The van der Waals surface area contributed by atoms with Crippen LogP contribution in [0.25, 0.3) is 0 Å². The molecule has 0 N–H and O–H groups in total. The van der Waals surface area contributed by atoms with Crippen LogP contribution in [0.3, 0.4) is 0 Å². The van der Waals surface area contributed by atoms with E-state index < -0.39 is 0 Å². The largest absolute Gasteiger partial charge is 0.496 e. The maximum absolute atomic E-state index is 5.48. The van der Waals surface area contributed by atoms with E-state index in [1.165, 1.54) is 42.9 Å². The highest BCUT2D eigenvalue weighted by molar-refractivity contribution is 7.15. The van der Waals surface area contributed by atoms with E-state index in [-0.39, 0.29) is 0 Å². The van der Waals surface area contributed by atoms with Gasteiger partial charge in [0.1, 0.15) is 5.75 Å². The van der Waals surface area contributed by atoms with Crippen LogP contribution in [0.5, 0.6) is 5.75 Å². The Bertz CT molecular complexity index is 725. The van der Waals surface area contributed by atoms with Crippen molar-refractivity contribution in [2.24, 2.45) is 5.92 Å². The molecule has 0 atom stereocenters. The van der Waals surface area contributed by atoms with Gasteiger partial charge in [-0.1, -0.05) is 18.2 Å². The number of anilines is 1. The Kier molecular flexibility index (Phi) is 7.71. The fourth-order valence-corrected chi connectivity index (χ4v) is 4.84. The second-order valence-electron chi connectivity index (χ2n) is 8.05. The monoisotopic (exact) mass is 402 g/mol. The number of benzene rings is 1. The first-order valence-corrected chi connectivity index (χ1v) is 11.0. The average molecular weight is 403 g/mol. The molecule has 0 radical (unpaired) electrons. The summed E-state index contributed by atoms with van der Waals surface area (Å²) in [6.45, 7) is 5.71. The highest BCUT2D eigenvalue weighted by atomic mass is 32.1.